The summed E-state index contributed by atoms with van der Waals surface area (Å²) in [6.45, 7) is 2.05. The fraction of sp³-hybridized carbons (Fsp3) is 0.143. The molecule has 0 bridgehead atoms. The maximum Gasteiger partial charge on any atom is 0.0921 e. The molecule has 0 aliphatic carbocycles. The Morgan fingerprint density at radius 2 is 1.76 bits per heavy atom. The third-order valence-corrected chi connectivity index (χ3v) is 4.70. The number of aryl methyl sites for hydroxylation is 1. The van der Waals surface area contributed by atoms with Gasteiger partial charge in [-0.15, -0.1) is 11.3 Å². The van der Waals surface area contributed by atoms with Gasteiger partial charge in [-0.25, -0.2) is 0 Å². The molecule has 2 rings (SSSR count). The lowest BCUT2D eigenvalue weighted by atomic mass is 10.1. The van der Waals surface area contributed by atoms with Crippen molar-refractivity contribution >= 4 is 22.1 Å². The van der Waals surface area contributed by atoms with Crippen molar-refractivity contribution in [2.24, 2.45) is 0 Å². The van der Waals surface area contributed by atoms with Crippen molar-refractivity contribution in [1.29, 1.82) is 0 Å². The molecule has 2 aromatic rings. The average molecular weight is 260 g/mol. The van der Waals surface area contributed by atoms with Crippen LogP contribution >= 0.6 is 11.3 Å². The van der Waals surface area contributed by atoms with Gasteiger partial charge in [0.1, 0.15) is 0 Å². The number of hydrogen-bond donors (Lipinski definition) is 0. The largest absolute Gasteiger partial charge is 0.254 e. The second-order valence-electron chi connectivity index (χ2n) is 3.69. The molecule has 1 nitrogen and oxygen atoms in total. The molecule has 0 fully saturated rings. The van der Waals surface area contributed by atoms with Crippen molar-refractivity contribution in [2.75, 3.05) is 6.26 Å². The van der Waals surface area contributed by atoms with Crippen LogP contribution in [0.4, 0.5) is 0 Å². The van der Waals surface area contributed by atoms with E-state index in [0.29, 0.717) is 0 Å². The quantitative estimate of drug-likeness (QED) is 0.720. The van der Waals surface area contributed by atoms with Crippen LogP contribution in [0.2, 0.25) is 0 Å². The molecule has 0 saturated heterocycles. The zero-order valence-corrected chi connectivity index (χ0v) is 11.3. The van der Waals surface area contributed by atoms with Crippen LogP contribution in [-0.2, 0) is 10.8 Å². The Balaban J connectivity index is 2.20. The highest BCUT2D eigenvalue weighted by Gasteiger charge is 2.00. The zero-order valence-electron chi connectivity index (χ0n) is 9.69. The average Bonchev–Trinajstić information content (AvgIpc) is 2.77. The third-order valence-electron chi connectivity index (χ3n) is 2.25. The predicted molar refractivity (Wildman–Crippen MR) is 73.8 cm³/mol. The van der Waals surface area contributed by atoms with Gasteiger partial charge in [0.25, 0.3) is 0 Å². The molecular formula is C14H12OS2. The second kappa shape index (κ2) is 5.31. The van der Waals surface area contributed by atoms with Crippen LogP contribution < -0.4 is 0 Å². The molecule has 1 unspecified atom stereocenters. The van der Waals surface area contributed by atoms with E-state index in [-0.39, 0.29) is 0 Å². The first-order valence-corrected chi connectivity index (χ1v) is 7.54. The van der Waals surface area contributed by atoms with Crippen LogP contribution in [-0.4, -0.2) is 10.5 Å². The van der Waals surface area contributed by atoms with Crippen LogP contribution in [0.25, 0.3) is 0 Å². The highest BCUT2D eigenvalue weighted by atomic mass is 32.2. The van der Waals surface area contributed by atoms with Gasteiger partial charge in [0.2, 0.25) is 0 Å². The van der Waals surface area contributed by atoms with E-state index in [2.05, 4.69) is 18.8 Å². The van der Waals surface area contributed by atoms with Gasteiger partial charge < -0.3 is 0 Å². The highest BCUT2D eigenvalue weighted by molar-refractivity contribution is 7.86. The molecule has 3 heteroatoms. The molecule has 0 spiro atoms. The summed E-state index contributed by atoms with van der Waals surface area (Å²) in [6.07, 6.45) is 1.68. The smallest absolute Gasteiger partial charge is 0.0921 e. The van der Waals surface area contributed by atoms with E-state index >= 15 is 0 Å². The van der Waals surface area contributed by atoms with Gasteiger partial charge in [0, 0.05) is 11.8 Å². The summed E-state index contributed by atoms with van der Waals surface area (Å²) in [5.41, 5.74) is 2.23. The standard InChI is InChI=1S/C14H12OS2/c1-11-3-5-12(6-4-11)7-8-13-9-10-14(16-13)17(2)15/h3-6,9-10H,1-2H3. The molecule has 1 heterocycles. The normalized spacial score (nSPS) is 11.6. The Labute approximate surface area is 108 Å². The summed E-state index contributed by atoms with van der Waals surface area (Å²) in [6, 6.07) is 11.9. The van der Waals surface area contributed by atoms with E-state index in [4.69, 9.17) is 0 Å². The topological polar surface area (TPSA) is 17.1 Å². The van der Waals surface area contributed by atoms with Crippen molar-refractivity contribution in [3.05, 3.63) is 52.4 Å². The first-order valence-electron chi connectivity index (χ1n) is 5.17. The number of hydrogen-bond acceptors (Lipinski definition) is 2. The van der Waals surface area contributed by atoms with Gasteiger partial charge in [-0.1, -0.05) is 29.5 Å². The molecule has 0 saturated carbocycles. The molecule has 0 aliphatic heterocycles. The number of thiophene rings is 1. The summed E-state index contributed by atoms with van der Waals surface area (Å²) >= 11 is 1.49. The van der Waals surface area contributed by atoms with Gasteiger partial charge in [0.15, 0.2) is 0 Å². The van der Waals surface area contributed by atoms with Gasteiger partial charge in [-0.05, 0) is 31.2 Å². The summed E-state index contributed by atoms with van der Waals surface area (Å²) in [7, 11) is -0.909. The van der Waals surface area contributed by atoms with Gasteiger partial charge >= 0.3 is 0 Å². The van der Waals surface area contributed by atoms with Crippen LogP contribution in [0.15, 0.2) is 40.6 Å². The molecule has 1 aromatic carbocycles. The Morgan fingerprint density at radius 3 is 2.35 bits per heavy atom. The minimum absolute atomic E-state index is 0.873. The summed E-state index contributed by atoms with van der Waals surface area (Å²) in [4.78, 5) is 0.954. The van der Waals surface area contributed by atoms with Gasteiger partial charge in [-0.3, -0.25) is 4.21 Å². The highest BCUT2D eigenvalue weighted by Crippen LogP contribution is 2.18. The molecule has 0 amide bonds. The lowest BCUT2D eigenvalue weighted by Crippen LogP contribution is -1.78. The third kappa shape index (κ3) is 3.29. The number of benzene rings is 1. The summed E-state index contributed by atoms with van der Waals surface area (Å²) in [5, 5.41) is 0. The Kier molecular flexibility index (Phi) is 3.78. The molecule has 0 radical (unpaired) electrons. The van der Waals surface area contributed by atoms with Gasteiger partial charge in [-0.2, -0.15) is 0 Å². The molecule has 1 atom stereocenters. The lowest BCUT2D eigenvalue weighted by Gasteiger charge is -1.90. The molecule has 0 N–H and O–H groups in total. The second-order valence-corrected chi connectivity index (χ2v) is 6.38. The minimum Gasteiger partial charge on any atom is -0.254 e. The monoisotopic (exact) mass is 260 g/mol. The van der Waals surface area contributed by atoms with Crippen molar-refractivity contribution in [3.63, 3.8) is 0 Å². The minimum atomic E-state index is -0.909. The van der Waals surface area contributed by atoms with Crippen LogP contribution in [0.1, 0.15) is 16.0 Å². The van der Waals surface area contributed by atoms with Crippen molar-refractivity contribution < 1.29 is 4.21 Å². The van der Waals surface area contributed by atoms with Gasteiger partial charge in [0.05, 0.1) is 19.9 Å². The van der Waals surface area contributed by atoms with E-state index in [1.54, 1.807) is 6.26 Å². The molecule has 0 aliphatic rings. The molecule has 1 aromatic heterocycles. The first kappa shape index (κ1) is 12.1. The summed E-state index contributed by atoms with van der Waals surface area (Å²) in [5.74, 6) is 6.19. The predicted octanol–water partition coefficient (Wildman–Crippen LogP) is 3.19. The Hall–Kier alpha value is -1.37. The Morgan fingerprint density at radius 1 is 1.06 bits per heavy atom. The zero-order chi connectivity index (χ0) is 12.3. The van der Waals surface area contributed by atoms with Crippen LogP contribution in [0.3, 0.4) is 0 Å². The lowest BCUT2D eigenvalue weighted by molar-refractivity contribution is 0.688. The van der Waals surface area contributed by atoms with Crippen molar-refractivity contribution in [1.82, 2.24) is 0 Å². The SMILES string of the molecule is Cc1ccc(C#Cc2ccc(S(C)=O)s2)cc1. The summed E-state index contributed by atoms with van der Waals surface area (Å²) < 4.78 is 12.1. The maximum atomic E-state index is 11.2. The van der Waals surface area contributed by atoms with Crippen molar-refractivity contribution in [3.8, 4) is 11.8 Å². The maximum absolute atomic E-state index is 11.2. The van der Waals surface area contributed by atoms with E-state index in [1.807, 2.05) is 36.4 Å². The van der Waals surface area contributed by atoms with E-state index < -0.39 is 10.8 Å². The van der Waals surface area contributed by atoms with Crippen molar-refractivity contribution in [2.45, 2.75) is 11.1 Å². The first-order chi connectivity index (χ1) is 8.15. The van der Waals surface area contributed by atoms with E-state index in [9.17, 15) is 4.21 Å². The van der Waals surface area contributed by atoms with Crippen LogP contribution in [0, 0.1) is 18.8 Å². The number of rotatable bonds is 1. The fourth-order valence-electron chi connectivity index (χ4n) is 1.31. The molecule has 86 valence electrons. The fourth-order valence-corrected chi connectivity index (χ4v) is 2.90. The molecular weight excluding hydrogens is 248 g/mol. The van der Waals surface area contributed by atoms with E-state index in [0.717, 1.165) is 14.6 Å². The molecule has 17 heavy (non-hydrogen) atoms. The van der Waals surface area contributed by atoms with E-state index in [1.165, 1.54) is 16.9 Å². The van der Waals surface area contributed by atoms with Crippen LogP contribution in [0.5, 0.6) is 0 Å². The Bertz CT molecular complexity index is 597.